The second-order valence-corrected chi connectivity index (χ2v) is 5.68. The topological polar surface area (TPSA) is 53.6 Å². The zero-order valence-corrected chi connectivity index (χ0v) is 11.5. The molecule has 0 saturated carbocycles. The van der Waals surface area contributed by atoms with Gasteiger partial charge in [-0.05, 0) is 26.7 Å². The van der Waals surface area contributed by atoms with Crippen molar-refractivity contribution in [1.82, 2.24) is 15.5 Å². The van der Waals surface area contributed by atoms with Crippen molar-refractivity contribution in [3.63, 3.8) is 0 Å². The molecule has 0 radical (unpaired) electrons. The molecule has 2 heterocycles. The lowest BCUT2D eigenvalue weighted by Crippen LogP contribution is -2.61. The Labute approximate surface area is 109 Å². The summed E-state index contributed by atoms with van der Waals surface area (Å²) in [4.78, 5) is 14.7. The van der Waals surface area contributed by atoms with Crippen LogP contribution in [0.1, 0.15) is 26.7 Å². The van der Waals surface area contributed by atoms with Crippen molar-refractivity contribution < 1.29 is 9.53 Å². The average Bonchev–Trinajstić information content (AvgIpc) is 2.41. The van der Waals surface area contributed by atoms with Gasteiger partial charge in [-0.25, -0.2) is 0 Å². The molecule has 18 heavy (non-hydrogen) atoms. The number of nitrogens with one attached hydrogen (secondary N) is 2. The SMILES string of the molecule is CC(C)(C(=O)NC1CCCOC1)N1CCNCC1. The summed E-state index contributed by atoms with van der Waals surface area (Å²) in [6.45, 7) is 9.29. The van der Waals surface area contributed by atoms with Gasteiger partial charge >= 0.3 is 0 Å². The fraction of sp³-hybridized carbons (Fsp3) is 0.923. The van der Waals surface area contributed by atoms with Crippen LogP contribution in [0.15, 0.2) is 0 Å². The summed E-state index contributed by atoms with van der Waals surface area (Å²) in [6, 6.07) is 0.188. The number of piperazine rings is 1. The van der Waals surface area contributed by atoms with Crippen molar-refractivity contribution in [3.8, 4) is 0 Å². The summed E-state index contributed by atoms with van der Waals surface area (Å²) in [5.74, 6) is 0.125. The van der Waals surface area contributed by atoms with Crippen LogP contribution in [0.5, 0.6) is 0 Å². The van der Waals surface area contributed by atoms with Crippen molar-refractivity contribution in [2.24, 2.45) is 0 Å². The predicted octanol–water partition coefficient (Wildman–Crippen LogP) is -0.0346. The Morgan fingerprint density at radius 1 is 1.39 bits per heavy atom. The van der Waals surface area contributed by atoms with Crippen LogP contribution in [0.3, 0.4) is 0 Å². The molecular formula is C13H25N3O2. The maximum atomic E-state index is 12.4. The Bertz CT molecular complexity index is 282. The summed E-state index contributed by atoms with van der Waals surface area (Å²) < 4.78 is 5.40. The minimum Gasteiger partial charge on any atom is -0.379 e. The first kappa shape index (κ1) is 13.8. The van der Waals surface area contributed by atoms with Crippen LogP contribution in [0.4, 0.5) is 0 Å². The highest BCUT2D eigenvalue weighted by atomic mass is 16.5. The molecule has 0 aliphatic carbocycles. The first-order valence-electron chi connectivity index (χ1n) is 6.95. The number of carbonyl (C=O) groups is 1. The third-order valence-corrected chi connectivity index (χ3v) is 3.96. The Kier molecular flexibility index (Phi) is 4.59. The lowest BCUT2D eigenvalue weighted by Gasteiger charge is -2.40. The van der Waals surface area contributed by atoms with Crippen molar-refractivity contribution in [2.75, 3.05) is 39.4 Å². The molecule has 5 nitrogen and oxygen atoms in total. The Hall–Kier alpha value is -0.650. The molecule has 0 spiro atoms. The van der Waals surface area contributed by atoms with Crippen molar-refractivity contribution in [3.05, 3.63) is 0 Å². The van der Waals surface area contributed by atoms with Gasteiger partial charge in [0.05, 0.1) is 18.2 Å². The van der Waals surface area contributed by atoms with Gasteiger partial charge in [0.1, 0.15) is 0 Å². The number of nitrogens with zero attached hydrogens (tertiary/aromatic N) is 1. The quantitative estimate of drug-likeness (QED) is 0.743. The molecule has 2 saturated heterocycles. The van der Waals surface area contributed by atoms with Crippen LogP contribution in [0.2, 0.25) is 0 Å². The fourth-order valence-corrected chi connectivity index (χ4v) is 2.58. The summed E-state index contributed by atoms with van der Waals surface area (Å²) in [5.41, 5.74) is -0.431. The summed E-state index contributed by atoms with van der Waals surface area (Å²) in [6.07, 6.45) is 2.07. The minimum atomic E-state index is -0.431. The normalized spacial score (nSPS) is 26.9. The summed E-state index contributed by atoms with van der Waals surface area (Å²) in [7, 11) is 0. The number of carbonyl (C=O) groups excluding carboxylic acids is 1. The highest BCUT2D eigenvalue weighted by molar-refractivity contribution is 5.85. The Morgan fingerprint density at radius 2 is 2.11 bits per heavy atom. The van der Waals surface area contributed by atoms with E-state index < -0.39 is 5.54 Å². The van der Waals surface area contributed by atoms with Crippen molar-refractivity contribution in [1.29, 1.82) is 0 Å². The van der Waals surface area contributed by atoms with Gasteiger partial charge in [-0.15, -0.1) is 0 Å². The van der Waals surface area contributed by atoms with E-state index in [0.29, 0.717) is 6.61 Å². The lowest BCUT2D eigenvalue weighted by atomic mass is 9.99. The number of rotatable bonds is 3. The molecule has 0 aromatic heterocycles. The van der Waals surface area contributed by atoms with Crippen molar-refractivity contribution >= 4 is 5.91 Å². The molecule has 1 unspecified atom stereocenters. The second kappa shape index (κ2) is 5.99. The fourth-order valence-electron chi connectivity index (χ4n) is 2.58. The van der Waals surface area contributed by atoms with E-state index in [4.69, 9.17) is 4.74 Å². The number of hydrogen-bond acceptors (Lipinski definition) is 4. The number of hydrogen-bond donors (Lipinski definition) is 2. The van der Waals surface area contributed by atoms with Gasteiger partial charge in [0.15, 0.2) is 0 Å². The highest BCUT2D eigenvalue weighted by Gasteiger charge is 2.36. The molecule has 2 rings (SSSR count). The molecule has 1 amide bonds. The summed E-state index contributed by atoms with van der Waals surface area (Å²) in [5, 5.41) is 6.44. The Balaban J connectivity index is 1.88. The van der Waals surface area contributed by atoms with Gasteiger partial charge in [-0.3, -0.25) is 9.69 Å². The van der Waals surface area contributed by atoms with E-state index in [1.807, 2.05) is 13.8 Å². The van der Waals surface area contributed by atoms with Crippen LogP contribution in [0.25, 0.3) is 0 Å². The van der Waals surface area contributed by atoms with Gasteiger partial charge < -0.3 is 15.4 Å². The zero-order chi connectivity index (χ0) is 13.0. The molecule has 2 aliphatic rings. The summed E-state index contributed by atoms with van der Waals surface area (Å²) >= 11 is 0. The molecule has 0 aromatic carbocycles. The standard InChI is InChI=1S/C13H25N3O2/c1-13(2,16-7-5-14-6-8-16)12(17)15-11-4-3-9-18-10-11/h11,14H,3-10H2,1-2H3,(H,15,17). The van der Waals surface area contributed by atoms with Crippen molar-refractivity contribution in [2.45, 2.75) is 38.3 Å². The van der Waals surface area contributed by atoms with E-state index in [2.05, 4.69) is 15.5 Å². The minimum absolute atomic E-state index is 0.125. The molecule has 2 aliphatic heterocycles. The van der Waals surface area contributed by atoms with Crippen LogP contribution in [-0.4, -0.2) is 61.8 Å². The molecule has 0 bridgehead atoms. The van der Waals surface area contributed by atoms with E-state index >= 15 is 0 Å². The largest absolute Gasteiger partial charge is 0.379 e. The third-order valence-electron chi connectivity index (χ3n) is 3.96. The Morgan fingerprint density at radius 3 is 2.72 bits per heavy atom. The maximum absolute atomic E-state index is 12.4. The second-order valence-electron chi connectivity index (χ2n) is 5.68. The van der Waals surface area contributed by atoms with Crippen LogP contribution in [-0.2, 0) is 9.53 Å². The first-order valence-corrected chi connectivity index (χ1v) is 6.95. The number of amides is 1. The van der Waals surface area contributed by atoms with Crippen LogP contribution >= 0.6 is 0 Å². The van der Waals surface area contributed by atoms with E-state index in [9.17, 15) is 4.79 Å². The van der Waals surface area contributed by atoms with Gasteiger partial charge in [-0.2, -0.15) is 0 Å². The van der Waals surface area contributed by atoms with Crippen LogP contribution in [0, 0.1) is 0 Å². The first-order chi connectivity index (χ1) is 8.60. The molecule has 104 valence electrons. The molecular weight excluding hydrogens is 230 g/mol. The van der Waals surface area contributed by atoms with Gasteiger partial charge in [0.25, 0.3) is 0 Å². The third kappa shape index (κ3) is 3.22. The van der Waals surface area contributed by atoms with E-state index in [-0.39, 0.29) is 11.9 Å². The average molecular weight is 255 g/mol. The highest BCUT2D eigenvalue weighted by Crippen LogP contribution is 2.16. The van der Waals surface area contributed by atoms with Crippen LogP contribution < -0.4 is 10.6 Å². The zero-order valence-electron chi connectivity index (χ0n) is 11.5. The molecule has 0 aromatic rings. The predicted molar refractivity (Wildman–Crippen MR) is 70.5 cm³/mol. The smallest absolute Gasteiger partial charge is 0.240 e. The van der Waals surface area contributed by atoms with Gasteiger partial charge in [-0.1, -0.05) is 0 Å². The maximum Gasteiger partial charge on any atom is 0.240 e. The van der Waals surface area contributed by atoms with E-state index in [1.165, 1.54) is 0 Å². The van der Waals surface area contributed by atoms with Gasteiger partial charge in [0, 0.05) is 32.8 Å². The number of ether oxygens (including phenoxy) is 1. The molecule has 2 N–H and O–H groups in total. The lowest BCUT2D eigenvalue weighted by molar-refractivity contribution is -0.133. The monoisotopic (exact) mass is 255 g/mol. The van der Waals surface area contributed by atoms with Gasteiger partial charge in [0.2, 0.25) is 5.91 Å². The van der Waals surface area contributed by atoms with E-state index in [1.54, 1.807) is 0 Å². The molecule has 2 fully saturated rings. The van der Waals surface area contributed by atoms with E-state index in [0.717, 1.165) is 45.6 Å². The molecule has 1 atom stereocenters. The molecule has 5 heteroatoms.